The Kier molecular flexibility index (Phi) is 4.00. The highest BCUT2D eigenvalue weighted by Gasteiger charge is 2.34. The molecule has 2 unspecified atom stereocenters. The maximum atomic E-state index is 5.14. The normalized spacial score (nSPS) is 29.6. The van der Waals surface area contributed by atoms with E-state index in [2.05, 4.69) is 17.1 Å². The molecule has 2 atom stereocenters. The second kappa shape index (κ2) is 5.28. The van der Waals surface area contributed by atoms with Gasteiger partial charge >= 0.3 is 0 Å². The molecule has 1 N–H and O–H groups in total. The Bertz CT molecular complexity index is 194. The highest BCUT2D eigenvalue weighted by Crippen LogP contribution is 2.29. The summed E-state index contributed by atoms with van der Waals surface area (Å²) in [6.07, 6.45) is 4.20. The Labute approximate surface area is 93.2 Å². The molecule has 2 aliphatic rings. The number of hydrogen-bond acceptors (Lipinski definition) is 3. The van der Waals surface area contributed by atoms with Gasteiger partial charge in [0, 0.05) is 45.4 Å². The van der Waals surface area contributed by atoms with Gasteiger partial charge in [-0.1, -0.05) is 6.92 Å². The van der Waals surface area contributed by atoms with Crippen LogP contribution in [0.15, 0.2) is 0 Å². The topological polar surface area (TPSA) is 24.5 Å². The van der Waals surface area contributed by atoms with E-state index in [0.717, 1.165) is 25.2 Å². The summed E-state index contributed by atoms with van der Waals surface area (Å²) in [5.41, 5.74) is 0. The number of rotatable bonds is 6. The van der Waals surface area contributed by atoms with Crippen molar-refractivity contribution in [3.05, 3.63) is 0 Å². The average Bonchev–Trinajstić information content (AvgIpc) is 2.96. The monoisotopic (exact) mass is 212 g/mol. The van der Waals surface area contributed by atoms with Crippen LogP contribution in [-0.4, -0.2) is 50.3 Å². The summed E-state index contributed by atoms with van der Waals surface area (Å²) in [7, 11) is 1.78. The Hall–Kier alpha value is -0.120. The first kappa shape index (κ1) is 11.4. The van der Waals surface area contributed by atoms with E-state index in [1.807, 2.05) is 0 Å². The first-order valence-electron chi connectivity index (χ1n) is 6.26. The fourth-order valence-corrected chi connectivity index (χ4v) is 2.44. The second-order valence-corrected chi connectivity index (χ2v) is 5.18. The van der Waals surface area contributed by atoms with E-state index in [1.54, 1.807) is 7.11 Å². The van der Waals surface area contributed by atoms with E-state index in [4.69, 9.17) is 4.74 Å². The number of ether oxygens (including phenoxy) is 1. The molecule has 88 valence electrons. The van der Waals surface area contributed by atoms with E-state index in [-0.39, 0.29) is 0 Å². The van der Waals surface area contributed by atoms with Gasteiger partial charge in [-0.25, -0.2) is 0 Å². The van der Waals surface area contributed by atoms with Crippen molar-refractivity contribution in [2.24, 2.45) is 5.92 Å². The number of hydrogen-bond donors (Lipinski definition) is 1. The van der Waals surface area contributed by atoms with Crippen molar-refractivity contribution in [2.75, 3.05) is 33.4 Å². The summed E-state index contributed by atoms with van der Waals surface area (Å²) in [6, 6.07) is 1.66. The standard InChI is InChI=1S/C12H24N2O/c1-10(9-15-2)7-13-11-5-6-14(8-11)12-3-4-12/h10-13H,3-9H2,1-2H3. The molecule has 1 heterocycles. The molecule has 1 saturated carbocycles. The predicted molar refractivity (Wildman–Crippen MR) is 62.0 cm³/mol. The van der Waals surface area contributed by atoms with Gasteiger partial charge in [0.1, 0.15) is 0 Å². The molecule has 2 fully saturated rings. The Morgan fingerprint density at radius 3 is 2.87 bits per heavy atom. The quantitative estimate of drug-likeness (QED) is 0.713. The van der Waals surface area contributed by atoms with Crippen LogP contribution >= 0.6 is 0 Å². The number of nitrogens with one attached hydrogen (secondary N) is 1. The predicted octanol–water partition coefficient (Wildman–Crippen LogP) is 1.10. The van der Waals surface area contributed by atoms with E-state index < -0.39 is 0 Å². The number of nitrogens with zero attached hydrogens (tertiary/aromatic N) is 1. The zero-order valence-electron chi connectivity index (χ0n) is 10.0. The molecular formula is C12H24N2O. The molecule has 0 aromatic carbocycles. The molecule has 2 rings (SSSR count). The van der Waals surface area contributed by atoms with Crippen LogP contribution in [0.2, 0.25) is 0 Å². The number of methoxy groups -OCH3 is 1. The summed E-state index contributed by atoms with van der Waals surface area (Å²) in [6.45, 7) is 6.78. The van der Waals surface area contributed by atoms with Crippen LogP contribution in [-0.2, 0) is 4.74 Å². The second-order valence-electron chi connectivity index (χ2n) is 5.18. The van der Waals surface area contributed by atoms with Crippen LogP contribution in [0.3, 0.4) is 0 Å². The summed E-state index contributed by atoms with van der Waals surface area (Å²) in [5.74, 6) is 0.630. The van der Waals surface area contributed by atoms with Crippen LogP contribution in [0, 0.1) is 5.92 Å². The molecule has 1 aliphatic heterocycles. The summed E-state index contributed by atoms with van der Waals surface area (Å²) >= 11 is 0. The lowest BCUT2D eigenvalue weighted by atomic mass is 10.2. The Balaban J connectivity index is 1.59. The first-order valence-corrected chi connectivity index (χ1v) is 6.26. The highest BCUT2D eigenvalue weighted by molar-refractivity contribution is 4.91. The van der Waals surface area contributed by atoms with Gasteiger partial charge in [-0.2, -0.15) is 0 Å². The van der Waals surface area contributed by atoms with Crippen molar-refractivity contribution in [1.29, 1.82) is 0 Å². The smallest absolute Gasteiger partial charge is 0.0499 e. The minimum Gasteiger partial charge on any atom is -0.384 e. The maximum Gasteiger partial charge on any atom is 0.0499 e. The highest BCUT2D eigenvalue weighted by atomic mass is 16.5. The van der Waals surface area contributed by atoms with Crippen LogP contribution in [0.4, 0.5) is 0 Å². The molecule has 3 heteroatoms. The van der Waals surface area contributed by atoms with E-state index >= 15 is 0 Å². The van der Waals surface area contributed by atoms with Gasteiger partial charge in [0.05, 0.1) is 0 Å². The lowest BCUT2D eigenvalue weighted by molar-refractivity contribution is 0.156. The summed E-state index contributed by atoms with van der Waals surface area (Å²) < 4.78 is 5.14. The molecule has 0 radical (unpaired) electrons. The van der Waals surface area contributed by atoms with Gasteiger partial charge < -0.3 is 10.1 Å². The van der Waals surface area contributed by atoms with Crippen LogP contribution in [0.1, 0.15) is 26.2 Å². The first-order chi connectivity index (χ1) is 7.29. The molecule has 0 amide bonds. The summed E-state index contributed by atoms with van der Waals surface area (Å²) in [5, 5.41) is 3.66. The third-order valence-electron chi connectivity index (χ3n) is 3.49. The van der Waals surface area contributed by atoms with Crippen molar-refractivity contribution in [1.82, 2.24) is 10.2 Å². The van der Waals surface area contributed by atoms with Gasteiger partial charge in [-0.05, 0) is 25.2 Å². The third-order valence-corrected chi connectivity index (χ3v) is 3.49. The van der Waals surface area contributed by atoms with Gasteiger partial charge in [-0.3, -0.25) is 4.90 Å². The zero-order chi connectivity index (χ0) is 10.7. The lowest BCUT2D eigenvalue weighted by Crippen LogP contribution is -2.36. The maximum absolute atomic E-state index is 5.14. The van der Waals surface area contributed by atoms with Crippen LogP contribution in [0.25, 0.3) is 0 Å². The van der Waals surface area contributed by atoms with Gasteiger partial charge in [0.25, 0.3) is 0 Å². The van der Waals surface area contributed by atoms with Crippen LogP contribution < -0.4 is 5.32 Å². The fraction of sp³-hybridized carbons (Fsp3) is 1.00. The molecule has 0 bridgehead atoms. The van der Waals surface area contributed by atoms with E-state index in [1.165, 1.54) is 32.4 Å². The van der Waals surface area contributed by atoms with Crippen molar-refractivity contribution >= 4 is 0 Å². The minimum atomic E-state index is 0.630. The van der Waals surface area contributed by atoms with Gasteiger partial charge in [-0.15, -0.1) is 0 Å². The molecule has 15 heavy (non-hydrogen) atoms. The number of likely N-dealkylation sites (tertiary alicyclic amines) is 1. The Morgan fingerprint density at radius 2 is 2.20 bits per heavy atom. The molecule has 3 nitrogen and oxygen atoms in total. The van der Waals surface area contributed by atoms with Crippen molar-refractivity contribution in [3.63, 3.8) is 0 Å². The minimum absolute atomic E-state index is 0.630. The molecule has 1 saturated heterocycles. The molecule has 1 aliphatic carbocycles. The van der Waals surface area contributed by atoms with Crippen molar-refractivity contribution in [2.45, 2.75) is 38.3 Å². The Morgan fingerprint density at radius 1 is 1.40 bits per heavy atom. The zero-order valence-corrected chi connectivity index (χ0v) is 10.0. The molecule has 0 aromatic heterocycles. The van der Waals surface area contributed by atoms with Crippen molar-refractivity contribution in [3.8, 4) is 0 Å². The molecular weight excluding hydrogens is 188 g/mol. The molecule has 0 aromatic rings. The van der Waals surface area contributed by atoms with E-state index in [9.17, 15) is 0 Å². The van der Waals surface area contributed by atoms with Gasteiger partial charge in [0.15, 0.2) is 0 Å². The van der Waals surface area contributed by atoms with Crippen LogP contribution in [0.5, 0.6) is 0 Å². The fourth-order valence-electron chi connectivity index (χ4n) is 2.44. The van der Waals surface area contributed by atoms with E-state index in [0.29, 0.717) is 5.92 Å². The average molecular weight is 212 g/mol. The lowest BCUT2D eigenvalue weighted by Gasteiger charge is -2.18. The van der Waals surface area contributed by atoms with Crippen molar-refractivity contribution < 1.29 is 4.74 Å². The summed E-state index contributed by atoms with van der Waals surface area (Å²) in [4.78, 5) is 2.65. The SMILES string of the molecule is COCC(C)CNC1CCN(C2CC2)C1. The largest absolute Gasteiger partial charge is 0.384 e. The van der Waals surface area contributed by atoms with Gasteiger partial charge in [0.2, 0.25) is 0 Å². The molecule has 0 spiro atoms. The third kappa shape index (κ3) is 3.44.